The van der Waals surface area contributed by atoms with Gasteiger partial charge in [-0.15, -0.1) is 0 Å². The van der Waals surface area contributed by atoms with Crippen LogP contribution in [0.15, 0.2) is 23.1 Å². The van der Waals surface area contributed by atoms with Gasteiger partial charge in [0.05, 0.1) is 4.90 Å². The number of aryl methyl sites for hydroxylation is 1. The maximum absolute atomic E-state index is 12.2. The SMILES string of the molecule is CCc1ccc(S(=O)(=O)NCC2CC2C)cc1CN. The fraction of sp³-hybridized carbons (Fsp3) is 0.571. The van der Waals surface area contributed by atoms with Gasteiger partial charge in [-0.25, -0.2) is 13.1 Å². The van der Waals surface area contributed by atoms with E-state index in [-0.39, 0.29) is 0 Å². The maximum Gasteiger partial charge on any atom is 0.240 e. The van der Waals surface area contributed by atoms with E-state index in [1.807, 2.05) is 13.0 Å². The Hall–Kier alpha value is -0.910. The van der Waals surface area contributed by atoms with Crippen molar-refractivity contribution in [2.45, 2.75) is 38.1 Å². The van der Waals surface area contributed by atoms with Gasteiger partial charge in [0.1, 0.15) is 0 Å². The van der Waals surface area contributed by atoms with Crippen molar-refractivity contribution >= 4 is 10.0 Å². The number of nitrogens with one attached hydrogen (secondary N) is 1. The Balaban J connectivity index is 2.15. The van der Waals surface area contributed by atoms with E-state index in [9.17, 15) is 8.42 Å². The predicted octanol–water partition coefficient (Wildman–Crippen LogP) is 1.64. The molecule has 0 bridgehead atoms. The normalized spacial score (nSPS) is 22.5. The Morgan fingerprint density at radius 1 is 1.37 bits per heavy atom. The molecule has 0 saturated heterocycles. The largest absolute Gasteiger partial charge is 0.326 e. The minimum atomic E-state index is -3.40. The van der Waals surface area contributed by atoms with Gasteiger partial charge in [0.15, 0.2) is 0 Å². The second-order valence-electron chi connectivity index (χ2n) is 5.31. The van der Waals surface area contributed by atoms with Crippen LogP contribution in [0.1, 0.15) is 31.4 Å². The Morgan fingerprint density at radius 3 is 2.58 bits per heavy atom. The molecule has 1 saturated carbocycles. The molecule has 0 radical (unpaired) electrons. The average Bonchev–Trinajstić information content (AvgIpc) is 3.11. The molecular formula is C14H22N2O2S. The molecular weight excluding hydrogens is 260 g/mol. The van der Waals surface area contributed by atoms with Crippen LogP contribution >= 0.6 is 0 Å². The van der Waals surface area contributed by atoms with Crippen molar-refractivity contribution in [3.8, 4) is 0 Å². The number of sulfonamides is 1. The molecule has 19 heavy (non-hydrogen) atoms. The minimum absolute atomic E-state index is 0.318. The average molecular weight is 282 g/mol. The van der Waals surface area contributed by atoms with E-state index in [0.717, 1.165) is 24.0 Å². The summed E-state index contributed by atoms with van der Waals surface area (Å²) in [5.74, 6) is 1.14. The molecule has 4 nitrogen and oxygen atoms in total. The van der Waals surface area contributed by atoms with Crippen molar-refractivity contribution in [3.05, 3.63) is 29.3 Å². The third kappa shape index (κ3) is 3.35. The van der Waals surface area contributed by atoms with Gasteiger partial charge in [-0.1, -0.05) is 19.9 Å². The molecule has 0 amide bonds. The van der Waals surface area contributed by atoms with Crippen LogP contribution in [-0.4, -0.2) is 15.0 Å². The van der Waals surface area contributed by atoms with Gasteiger partial charge in [0.2, 0.25) is 10.0 Å². The van der Waals surface area contributed by atoms with E-state index in [2.05, 4.69) is 11.6 Å². The van der Waals surface area contributed by atoms with Crippen molar-refractivity contribution in [1.29, 1.82) is 0 Å². The highest BCUT2D eigenvalue weighted by Gasteiger charge is 2.33. The highest BCUT2D eigenvalue weighted by atomic mass is 32.2. The molecule has 0 heterocycles. The number of hydrogen-bond donors (Lipinski definition) is 2. The molecule has 0 aliphatic heterocycles. The molecule has 1 aromatic rings. The Morgan fingerprint density at radius 2 is 2.05 bits per heavy atom. The summed E-state index contributed by atoms with van der Waals surface area (Å²) < 4.78 is 27.1. The van der Waals surface area contributed by atoms with Gasteiger partial charge in [0, 0.05) is 13.1 Å². The molecule has 1 aliphatic rings. The van der Waals surface area contributed by atoms with Crippen LogP contribution in [0.5, 0.6) is 0 Å². The first-order chi connectivity index (χ1) is 8.97. The van der Waals surface area contributed by atoms with Gasteiger partial charge in [-0.2, -0.15) is 0 Å². The van der Waals surface area contributed by atoms with Crippen LogP contribution in [0.3, 0.4) is 0 Å². The van der Waals surface area contributed by atoms with E-state index < -0.39 is 10.0 Å². The quantitative estimate of drug-likeness (QED) is 0.833. The molecule has 2 unspecified atom stereocenters. The topological polar surface area (TPSA) is 72.2 Å². The first-order valence-corrected chi connectivity index (χ1v) is 8.27. The molecule has 1 aliphatic carbocycles. The molecule has 1 aromatic carbocycles. The highest BCUT2D eigenvalue weighted by molar-refractivity contribution is 7.89. The second-order valence-corrected chi connectivity index (χ2v) is 7.08. The molecule has 106 valence electrons. The van der Waals surface area contributed by atoms with Crippen molar-refractivity contribution in [2.24, 2.45) is 17.6 Å². The minimum Gasteiger partial charge on any atom is -0.326 e. The van der Waals surface area contributed by atoms with Gasteiger partial charge in [0.25, 0.3) is 0 Å². The van der Waals surface area contributed by atoms with E-state index in [1.54, 1.807) is 12.1 Å². The number of benzene rings is 1. The summed E-state index contributed by atoms with van der Waals surface area (Å²) in [6.07, 6.45) is 1.98. The third-order valence-electron chi connectivity index (χ3n) is 3.90. The van der Waals surface area contributed by atoms with Crippen LogP contribution in [-0.2, 0) is 23.0 Å². The van der Waals surface area contributed by atoms with Crippen molar-refractivity contribution < 1.29 is 8.42 Å². The summed E-state index contributed by atoms with van der Waals surface area (Å²) in [5.41, 5.74) is 7.69. The highest BCUT2D eigenvalue weighted by Crippen LogP contribution is 2.37. The fourth-order valence-corrected chi connectivity index (χ4v) is 3.43. The second kappa shape index (κ2) is 5.61. The monoisotopic (exact) mass is 282 g/mol. The van der Waals surface area contributed by atoms with Crippen LogP contribution in [0, 0.1) is 11.8 Å². The summed E-state index contributed by atoms with van der Waals surface area (Å²) >= 11 is 0. The number of hydrogen-bond acceptors (Lipinski definition) is 3. The summed E-state index contributed by atoms with van der Waals surface area (Å²) in [6, 6.07) is 5.21. The summed E-state index contributed by atoms with van der Waals surface area (Å²) in [7, 11) is -3.40. The Labute approximate surface area is 115 Å². The fourth-order valence-electron chi connectivity index (χ4n) is 2.29. The van der Waals surface area contributed by atoms with Gasteiger partial charge >= 0.3 is 0 Å². The Bertz CT molecular complexity index is 555. The summed E-state index contributed by atoms with van der Waals surface area (Å²) in [5, 5.41) is 0. The van der Waals surface area contributed by atoms with E-state index >= 15 is 0 Å². The first kappa shape index (κ1) is 14.5. The zero-order valence-corrected chi connectivity index (χ0v) is 12.3. The molecule has 2 atom stereocenters. The smallest absolute Gasteiger partial charge is 0.240 e. The van der Waals surface area contributed by atoms with E-state index in [0.29, 0.717) is 29.8 Å². The molecule has 2 rings (SSSR count). The third-order valence-corrected chi connectivity index (χ3v) is 5.32. The lowest BCUT2D eigenvalue weighted by Gasteiger charge is -2.10. The van der Waals surface area contributed by atoms with Crippen LogP contribution < -0.4 is 10.5 Å². The summed E-state index contributed by atoms with van der Waals surface area (Å²) in [4.78, 5) is 0.318. The Kier molecular flexibility index (Phi) is 4.28. The van der Waals surface area contributed by atoms with Gasteiger partial charge in [-0.05, 0) is 47.9 Å². The van der Waals surface area contributed by atoms with E-state index in [1.165, 1.54) is 0 Å². The van der Waals surface area contributed by atoms with Crippen LogP contribution in [0.4, 0.5) is 0 Å². The van der Waals surface area contributed by atoms with Gasteiger partial charge < -0.3 is 5.73 Å². The standard InChI is InChI=1S/C14H22N2O2S/c1-3-11-4-5-14(7-12(11)8-15)19(17,18)16-9-13-6-10(13)2/h4-5,7,10,13,16H,3,6,8-9,15H2,1-2H3. The molecule has 0 spiro atoms. The number of rotatable bonds is 6. The zero-order valence-electron chi connectivity index (χ0n) is 11.5. The molecule has 3 N–H and O–H groups in total. The maximum atomic E-state index is 12.2. The zero-order chi connectivity index (χ0) is 14.0. The van der Waals surface area contributed by atoms with Crippen molar-refractivity contribution in [3.63, 3.8) is 0 Å². The molecule has 0 aromatic heterocycles. The molecule has 1 fully saturated rings. The van der Waals surface area contributed by atoms with Crippen molar-refractivity contribution in [1.82, 2.24) is 4.72 Å². The van der Waals surface area contributed by atoms with Crippen molar-refractivity contribution in [2.75, 3.05) is 6.54 Å². The van der Waals surface area contributed by atoms with Crippen LogP contribution in [0.2, 0.25) is 0 Å². The summed E-state index contributed by atoms with van der Waals surface area (Å²) in [6.45, 7) is 5.08. The van der Waals surface area contributed by atoms with Crippen LogP contribution in [0.25, 0.3) is 0 Å². The van der Waals surface area contributed by atoms with Gasteiger partial charge in [-0.3, -0.25) is 0 Å². The number of nitrogens with two attached hydrogens (primary N) is 1. The lowest BCUT2D eigenvalue weighted by molar-refractivity contribution is 0.574. The predicted molar refractivity (Wildman–Crippen MR) is 76.2 cm³/mol. The van der Waals surface area contributed by atoms with E-state index in [4.69, 9.17) is 5.73 Å². The lowest BCUT2D eigenvalue weighted by Crippen LogP contribution is -2.26. The first-order valence-electron chi connectivity index (χ1n) is 6.79. The molecule has 5 heteroatoms. The lowest BCUT2D eigenvalue weighted by atomic mass is 10.1.